The molecule has 0 atom stereocenters. The molecule has 0 radical (unpaired) electrons. The zero-order valence-electron chi connectivity index (χ0n) is 23.0. The van der Waals surface area contributed by atoms with Crippen molar-refractivity contribution in [2.45, 2.75) is 49.7 Å². The minimum Gasteiger partial charge on any atom is -0.449 e. The van der Waals surface area contributed by atoms with E-state index in [4.69, 9.17) is 19.2 Å². The van der Waals surface area contributed by atoms with Crippen LogP contribution in [0, 0.1) is 0 Å². The number of nitrogens with two attached hydrogens (primary N) is 1. The molecule has 40 heavy (non-hydrogen) atoms. The molecule has 1 heterocycles. The molecule has 1 aliphatic carbocycles. The summed E-state index contributed by atoms with van der Waals surface area (Å²) >= 11 is 0. The predicted molar refractivity (Wildman–Crippen MR) is 155 cm³/mol. The Kier molecular flexibility index (Phi) is 7.39. The summed E-state index contributed by atoms with van der Waals surface area (Å²) < 4.78 is 42.5. The molecule has 3 aromatic carbocycles. The summed E-state index contributed by atoms with van der Waals surface area (Å²) in [6.45, 7) is 7.85. The molecular formula is C30H33BN2O6S. The van der Waals surface area contributed by atoms with E-state index in [1.165, 1.54) is 6.07 Å². The van der Waals surface area contributed by atoms with Crippen LogP contribution in [0.1, 0.15) is 50.3 Å². The lowest BCUT2D eigenvalue weighted by atomic mass is 9.77. The number of benzene rings is 3. The van der Waals surface area contributed by atoms with E-state index < -0.39 is 34.4 Å². The summed E-state index contributed by atoms with van der Waals surface area (Å²) in [6, 6.07) is 22.6. The molecule has 0 aromatic heterocycles. The fourth-order valence-corrected chi connectivity index (χ4v) is 5.80. The summed E-state index contributed by atoms with van der Waals surface area (Å²) in [6.07, 6.45) is 1.02. The Morgan fingerprint density at radius 3 is 2.02 bits per heavy atom. The summed E-state index contributed by atoms with van der Waals surface area (Å²) in [5.74, 6) is -0.0714. The van der Waals surface area contributed by atoms with Crippen LogP contribution in [0.2, 0.25) is 0 Å². The van der Waals surface area contributed by atoms with Gasteiger partial charge in [0.15, 0.2) is 0 Å². The van der Waals surface area contributed by atoms with Gasteiger partial charge in [-0.15, -0.1) is 0 Å². The molecule has 0 unspecified atom stereocenters. The Bertz CT molecular complexity index is 1520. The Labute approximate surface area is 235 Å². The highest BCUT2D eigenvalue weighted by molar-refractivity contribution is 7.89. The van der Waals surface area contributed by atoms with E-state index in [1.54, 1.807) is 24.3 Å². The maximum atomic E-state index is 12.9. The second-order valence-corrected chi connectivity index (χ2v) is 12.6. The van der Waals surface area contributed by atoms with Crippen molar-refractivity contribution in [3.63, 3.8) is 0 Å². The monoisotopic (exact) mass is 560 g/mol. The third-order valence-electron chi connectivity index (χ3n) is 7.90. The molecule has 3 aromatic rings. The zero-order valence-corrected chi connectivity index (χ0v) is 23.8. The number of hydrogen-bond donors (Lipinski definition) is 2. The highest BCUT2D eigenvalue weighted by Gasteiger charge is 2.52. The zero-order chi connectivity index (χ0) is 28.7. The number of carbonyl (C=O) groups is 1. The smallest absolute Gasteiger partial charge is 0.449 e. The van der Waals surface area contributed by atoms with Crippen molar-refractivity contribution in [3.05, 3.63) is 95.0 Å². The number of sulfonamides is 1. The van der Waals surface area contributed by atoms with Gasteiger partial charge < -0.3 is 19.4 Å². The van der Waals surface area contributed by atoms with Gasteiger partial charge in [-0.2, -0.15) is 0 Å². The fourth-order valence-electron chi connectivity index (χ4n) is 5.08. The number of alkyl carbamates (subject to hydrolysis) is 1. The van der Waals surface area contributed by atoms with E-state index in [9.17, 15) is 13.2 Å². The lowest BCUT2D eigenvalue weighted by Crippen LogP contribution is -2.41. The van der Waals surface area contributed by atoms with Gasteiger partial charge >= 0.3 is 13.2 Å². The van der Waals surface area contributed by atoms with Gasteiger partial charge in [0.1, 0.15) is 6.61 Å². The van der Waals surface area contributed by atoms with E-state index in [2.05, 4.69) is 29.6 Å². The van der Waals surface area contributed by atoms with Gasteiger partial charge in [-0.25, -0.2) is 18.4 Å². The highest BCUT2D eigenvalue weighted by atomic mass is 32.2. The van der Waals surface area contributed by atoms with E-state index in [0.717, 1.165) is 22.3 Å². The largest absolute Gasteiger partial charge is 0.492 e. The molecule has 8 nitrogen and oxygen atoms in total. The van der Waals surface area contributed by atoms with Crippen molar-refractivity contribution < 1.29 is 27.3 Å². The molecule has 1 aliphatic heterocycles. The fraction of sp³-hybridized carbons (Fsp3) is 0.300. The van der Waals surface area contributed by atoms with Gasteiger partial charge in [-0.1, -0.05) is 72.8 Å². The molecule has 1 amide bonds. The SMILES string of the molecule is CC1(C)OB(C(=Cc2ccccc2S(N)(=O)=O)CNC(=O)OCC2c3ccccc3-c3ccccc32)OC1(C)C. The molecule has 5 rings (SSSR count). The maximum absolute atomic E-state index is 12.9. The minimum atomic E-state index is -3.98. The lowest BCUT2D eigenvalue weighted by Gasteiger charge is -2.32. The number of amides is 1. The third-order valence-corrected chi connectivity index (χ3v) is 8.89. The van der Waals surface area contributed by atoms with Gasteiger partial charge in [0.05, 0.1) is 16.1 Å². The molecule has 1 fully saturated rings. The van der Waals surface area contributed by atoms with Gasteiger partial charge in [-0.05, 0) is 67.1 Å². The van der Waals surface area contributed by atoms with Crippen LogP contribution in [-0.4, -0.2) is 46.0 Å². The first kappa shape index (κ1) is 28.1. The van der Waals surface area contributed by atoms with E-state index in [1.807, 2.05) is 52.0 Å². The molecule has 3 N–H and O–H groups in total. The van der Waals surface area contributed by atoms with Crippen LogP contribution in [0.4, 0.5) is 4.79 Å². The molecule has 10 heteroatoms. The van der Waals surface area contributed by atoms with Crippen molar-refractivity contribution in [3.8, 4) is 11.1 Å². The van der Waals surface area contributed by atoms with Gasteiger partial charge in [0, 0.05) is 12.5 Å². The first-order valence-corrected chi connectivity index (χ1v) is 14.7. The molecule has 0 bridgehead atoms. The summed E-state index contributed by atoms with van der Waals surface area (Å²) in [5.41, 5.74) is 4.13. The second kappa shape index (κ2) is 10.5. The van der Waals surface area contributed by atoms with Gasteiger partial charge in [0.2, 0.25) is 10.0 Å². The van der Waals surface area contributed by atoms with Gasteiger partial charge in [0.25, 0.3) is 0 Å². The summed E-state index contributed by atoms with van der Waals surface area (Å²) in [4.78, 5) is 12.9. The van der Waals surface area contributed by atoms with Crippen LogP contribution in [0.5, 0.6) is 0 Å². The number of carbonyl (C=O) groups excluding carboxylic acids is 1. The molecule has 1 saturated heterocycles. The summed E-state index contributed by atoms with van der Waals surface area (Å²) in [5, 5.41) is 8.25. The van der Waals surface area contributed by atoms with E-state index in [0.29, 0.717) is 11.0 Å². The number of hydrogen-bond acceptors (Lipinski definition) is 6. The number of primary sulfonamides is 1. The average molecular weight is 560 g/mol. The van der Waals surface area contributed by atoms with Crippen LogP contribution in [0.25, 0.3) is 17.2 Å². The highest BCUT2D eigenvalue weighted by Crippen LogP contribution is 2.44. The Morgan fingerprint density at radius 1 is 0.925 bits per heavy atom. The van der Waals surface area contributed by atoms with Crippen molar-refractivity contribution in [1.29, 1.82) is 0 Å². The second-order valence-electron chi connectivity index (χ2n) is 11.1. The van der Waals surface area contributed by atoms with Crippen molar-refractivity contribution in [2.75, 3.05) is 13.2 Å². The van der Waals surface area contributed by atoms with Crippen LogP contribution in [0.15, 0.2) is 83.2 Å². The van der Waals surface area contributed by atoms with E-state index >= 15 is 0 Å². The normalized spacial score (nSPS) is 17.8. The van der Waals surface area contributed by atoms with Crippen LogP contribution in [0.3, 0.4) is 0 Å². The minimum absolute atomic E-state index is 0.00640. The molecule has 208 valence electrons. The first-order chi connectivity index (χ1) is 18.9. The van der Waals surface area contributed by atoms with Crippen molar-refractivity contribution >= 4 is 29.3 Å². The molecule has 2 aliphatic rings. The lowest BCUT2D eigenvalue weighted by molar-refractivity contribution is 0.00578. The molecular weight excluding hydrogens is 527 g/mol. The van der Waals surface area contributed by atoms with Crippen LogP contribution < -0.4 is 10.5 Å². The predicted octanol–water partition coefficient (Wildman–Crippen LogP) is 4.89. The maximum Gasteiger partial charge on any atom is 0.492 e. The Balaban J connectivity index is 1.35. The quantitative estimate of drug-likeness (QED) is 0.398. The standard InChI is InChI=1S/C30H33BN2O6S/c1-29(2)30(3,4)39-31(38-29)21(17-20-11-5-10-16-27(20)40(32,35)36)18-33-28(34)37-19-26-24-14-8-6-12-22(24)23-13-7-9-15-25(23)26/h5-17,26H,18-19H2,1-4H3,(H,33,34)(H2,32,35,36). The number of ether oxygens (including phenoxy) is 1. The van der Waals surface area contributed by atoms with Crippen LogP contribution >= 0.6 is 0 Å². The molecule has 0 spiro atoms. The Morgan fingerprint density at radius 2 is 1.45 bits per heavy atom. The van der Waals surface area contributed by atoms with E-state index in [-0.39, 0.29) is 24.0 Å². The first-order valence-electron chi connectivity index (χ1n) is 13.1. The van der Waals surface area contributed by atoms with Gasteiger partial charge in [-0.3, -0.25) is 0 Å². The topological polar surface area (TPSA) is 117 Å². The van der Waals surface area contributed by atoms with Crippen molar-refractivity contribution in [2.24, 2.45) is 5.14 Å². The average Bonchev–Trinajstić information content (AvgIpc) is 3.34. The third kappa shape index (κ3) is 5.45. The number of fused-ring (bicyclic) bond motifs is 3. The number of rotatable bonds is 7. The Hall–Kier alpha value is -3.44. The van der Waals surface area contributed by atoms with Crippen molar-refractivity contribution in [1.82, 2.24) is 5.32 Å². The van der Waals surface area contributed by atoms with Crippen LogP contribution in [-0.2, 0) is 24.1 Å². The summed E-state index contributed by atoms with van der Waals surface area (Å²) in [7, 11) is -4.81. The molecule has 0 saturated carbocycles. The number of nitrogens with one attached hydrogen (secondary N) is 1.